The van der Waals surface area contributed by atoms with Crippen molar-refractivity contribution in [2.75, 3.05) is 17.7 Å². The first kappa shape index (κ1) is 17.4. The van der Waals surface area contributed by atoms with Gasteiger partial charge in [-0.2, -0.15) is 4.98 Å². The Kier molecular flexibility index (Phi) is 5.40. The number of nitrogens with two attached hydrogens (primary N) is 1. The quantitative estimate of drug-likeness (QED) is 0.202. The molecule has 0 aliphatic heterocycles. The van der Waals surface area contributed by atoms with Gasteiger partial charge in [0.2, 0.25) is 11.8 Å². The summed E-state index contributed by atoms with van der Waals surface area (Å²) in [6.45, 7) is 2.87. The molecule has 0 fully saturated rings. The number of aromatic amines is 1. The molecule has 0 saturated heterocycles. The summed E-state index contributed by atoms with van der Waals surface area (Å²) in [5.41, 5.74) is 2.45. The molecule has 0 bridgehead atoms. The van der Waals surface area contributed by atoms with Crippen molar-refractivity contribution in [3.8, 4) is 0 Å². The van der Waals surface area contributed by atoms with E-state index < -0.39 is 28.3 Å². The van der Waals surface area contributed by atoms with Gasteiger partial charge < -0.3 is 21.4 Å². The minimum atomic E-state index is -1.11. The molecule has 1 rings (SSSR count). The molecule has 122 valence electrons. The van der Waals surface area contributed by atoms with Crippen LogP contribution in [0.5, 0.6) is 0 Å². The van der Waals surface area contributed by atoms with Gasteiger partial charge in [0.1, 0.15) is 5.71 Å². The predicted octanol–water partition coefficient (Wildman–Crippen LogP) is 0.0535. The third kappa shape index (κ3) is 3.14. The van der Waals surface area contributed by atoms with Crippen molar-refractivity contribution in [3.05, 3.63) is 20.5 Å². The maximum Gasteiger partial charge on any atom is 0.375 e. The van der Waals surface area contributed by atoms with E-state index in [0.29, 0.717) is 12.8 Å². The number of nitro groups is 1. The van der Waals surface area contributed by atoms with Gasteiger partial charge in [-0.3, -0.25) is 19.9 Å². The molecule has 11 heteroatoms. The highest BCUT2D eigenvalue weighted by molar-refractivity contribution is 5.96. The Morgan fingerprint density at radius 2 is 2.14 bits per heavy atom. The fourth-order valence-corrected chi connectivity index (χ4v) is 2.15. The fourth-order valence-electron chi connectivity index (χ4n) is 2.15. The Bertz CT molecular complexity index is 636. The SMILES string of the molecule is CCC(CC)(Nc1nc(N)[nH]c(=O)c1[N+](=O)[O-])C(CO)=NO. The molecule has 1 aromatic heterocycles. The number of H-pyrrole nitrogens is 1. The van der Waals surface area contributed by atoms with E-state index in [1.54, 1.807) is 13.8 Å². The summed E-state index contributed by atoms with van der Waals surface area (Å²) in [5, 5.41) is 35.2. The molecule has 0 spiro atoms. The Hall–Kier alpha value is -2.69. The van der Waals surface area contributed by atoms with Crippen LogP contribution in [0.4, 0.5) is 17.5 Å². The minimum Gasteiger partial charge on any atom is -0.411 e. The lowest BCUT2D eigenvalue weighted by Crippen LogP contribution is -2.47. The first-order valence-electron chi connectivity index (χ1n) is 6.49. The average molecular weight is 314 g/mol. The number of anilines is 2. The molecule has 0 atom stereocenters. The van der Waals surface area contributed by atoms with E-state index in [2.05, 4.69) is 15.5 Å². The molecule has 0 aliphatic carbocycles. The first-order valence-corrected chi connectivity index (χ1v) is 6.49. The highest BCUT2D eigenvalue weighted by Gasteiger charge is 2.36. The van der Waals surface area contributed by atoms with Crippen LogP contribution in [0.1, 0.15) is 26.7 Å². The Morgan fingerprint density at radius 1 is 1.55 bits per heavy atom. The van der Waals surface area contributed by atoms with Crippen molar-refractivity contribution in [2.24, 2.45) is 5.16 Å². The lowest BCUT2D eigenvalue weighted by molar-refractivity contribution is -0.385. The summed E-state index contributed by atoms with van der Waals surface area (Å²) < 4.78 is 0. The second-order valence-electron chi connectivity index (χ2n) is 4.52. The number of hydrogen-bond donors (Lipinski definition) is 5. The van der Waals surface area contributed by atoms with Gasteiger partial charge in [0.15, 0.2) is 0 Å². The fraction of sp³-hybridized carbons (Fsp3) is 0.545. The summed E-state index contributed by atoms with van der Waals surface area (Å²) in [4.78, 5) is 27.6. The molecule has 1 aromatic rings. The molecule has 0 aromatic carbocycles. The number of oxime groups is 1. The summed E-state index contributed by atoms with van der Waals surface area (Å²) in [6, 6.07) is 0. The lowest BCUT2D eigenvalue weighted by Gasteiger charge is -2.32. The lowest BCUT2D eigenvalue weighted by atomic mass is 9.87. The Balaban J connectivity index is 3.49. The van der Waals surface area contributed by atoms with Crippen LogP contribution in [0, 0.1) is 10.1 Å². The third-order valence-electron chi connectivity index (χ3n) is 3.48. The molecule has 0 unspecified atom stereocenters. The minimum absolute atomic E-state index is 0.0348. The van der Waals surface area contributed by atoms with Gasteiger partial charge in [0.25, 0.3) is 0 Å². The van der Waals surface area contributed by atoms with E-state index in [9.17, 15) is 20.0 Å². The molecule has 0 radical (unpaired) electrons. The third-order valence-corrected chi connectivity index (χ3v) is 3.48. The number of aliphatic hydroxyl groups excluding tert-OH is 1. The molecule has 0 aliphatic rings. The molecular weight excluding hydrogens is 296 g/mol. The summed E-state index contributed by atoms with van der Waals surface area (Å²) in [5.74, 6) is -0.657. The molecule has 11 nitrogen and oxygen atoms in total. The van der Waals surface area contributed by atoms with Gasteiger partial charge in [-0.05, 0) is 12.8 Å². The monoisotopic (exact) mass is 314 g/mol. The van der Waals surface area contributed by atoms with Crippen molar-refractivity contribution < 1.29 is 15.2 Å². The van der Waals surface area contributed by atoms with Gasteiger partial charge >= 0.3 is 11.2 Å². The zero-order chi connectivity index (χ0) is 16.9. The van der Waals surface area contributed by atoms with Crippen LogP contribution in [-0.2, 0) is 0 Å². The van der Waals surface area contributed by atoms with Crippen LogP contribution in [0.25, 0.3) is 0 Å². The number of nitrogens with zero attached hydrogens (tertiary/aromatic N) is 3. The number of rotatable bonds is 7. The van der Waals surface area contributed by atoms with Gasteiger partial charge in [-0.15, -0.1) is 0 Å². The van der Waals surface area contributed by atoms with Gasteiger partial charge in [0.05, 0.1) is 17.1 Å². The zero-order valence-corrected chi connectivity index (χ0v) is 12.2. The summed E-state index contributed by atoms with van der Waals surface area (Å²) >= 11 is 0. The second-order valence-corrected chi connectivity index (χ2v) is 4.52. The summed E-state index contributed by atoms with van der Waals surface area (Å²) in [6.07, 6.45) is 0.629. The first-order chi connectivity index (χ1) is 10.3. The topological polar surface area (TPSA) is 180 Å². The number of hydrogen-bond acceptors (Lipinski definition) is 9. The molecule has 1 heterocycles. The van der Waals surface area contributed by atoms with Crippen molar-refractivity contribution in [1.29, 1.82) is 0 Å². The normalized spacial score (nSPS) is 12.2. The van der Waals surface area contributed by atoms with Crippen molar-refractivity contribution in [2.45, 2.75) is 32.2 Å². The average Bonchev–Trinajstić information content (AvgIpc) is 2.45. The second kappa shape index (κ2) is 6.85. The Morgan fingerprint density at radius 3 is 2.55 bits per heavy atom. The van der Waals surface area contributed by atoms with Crippen LogP contribution < -0.4 is 16.6 Å². The van der Waals surface area contributed by atoms with E-state index in [4.69, 9.17) is 10.9 Å². The molecule has 0 amide bonds. The molecule has 0 saturated carbocycles. The Labute approximate surface area is 125 Å². The van der Waals surface area contributed by atoms with Crippen molar-refractivity contribution >= 4 is 23.2 Å². The maximum atomic E-state index is 11.7. The number of aromatic nitrogens is 2. The van der Waals surface area contributed by atoms with Crippen LogP contribution in [-0.4, -0.2) is 43.1 Å². The highest BCUT2D eigenvalue weighted by Crippen LogP contribution is 2.27. The van der Waals surface area contributed by atoms with Crippen molar-refractivity contribution in [1.82, 2.24) is 9.97 Å². The standard InChI is InChI=1S/C11H18N6O5/c1-3-11(4-2,6(5-18)16-20)15-8-7(17(21)22)9(19)14-10(12)13-8/h18,20H,3-5H2,1-2H3,(H4,12,13,14,15,19). The van der Waals surface area contributed by atoms with Gasteiger partial charge in [-0.1, -0.05) is 19.0 Å². The predicted molar refractivity (Wildman–Crippen MR) is 79.2 cm³/mol. The van der Waals surface area contributed by atoms with Crippen LogP contribution in [0.2, 0.25) is 0 Å². The van der Waals surface area contributed by atoms with E-state index >= 15 is 0 Å². The van der Waals surface area contributed by atoms with E-state index in [-0.39, 0.29) is 17.5 Å². The molecule has 22 heavy (non-hydrogen) atoms. The zero-order valence-electron chi connectivity index (χ0n) is 12.2. The van der Waals surface area contributed by atoms with Crippen LogP contribution >= 0.6 is 0 Å². The van der Waals surface area contributed by atoms with E-state index in [1.165, 1.54) is 0 Å². The van der Waals surface area contributed by atoms with Crippen molar-refractivity contribution in [3.63, 3.8) is 0 Å². The van der Waals surface area contributed by atoms with Gasteiger partial charge in [0, 0.05) is 0 Å². The molecular formula is C11H18N6O5. The van der Waals surface area contributed by atoms with Gasteiger partial charge in [-0.25, -0.2) is 0 Å². The number of nitrogens with one attached hydrogen (secondary N) is 2. The van der Waals surface area contributed by atoms with E-state index in [1.807, 2.05) is 4.98 Å². The van der Waals surface area contributed by atoms with Crippen LogP contribution in [0.15, 0.2) is 9.95 Å². The highest BCUT2D eigenvalue weighted by atomic mass is 16.6. The maximum absolute atomic E-state index is 11.7. The van der Waals surface area contributed by atoms with E-state index in [0.717, 1.165) is 0 Å². The largest absolute Gasteiger partial charge is 0.411 e. The molecule has 6 N–H and O–H groups in total. The number of aliphatic hydroxyl groups is 1. The number of nitrogen functional groups attached to an aromatic ring is 1. The summed E-state index contributed by atoms with van der Waals surface area (Å²) in [7, 11) is 0. The van der Waals surface area contributed by atoms with Crippen LogP contribution in [0.3, 0.4) is 0 Å². The smallest absolute Gasteiger partial charge is 0.375 e.